The molecule has 1 fully saturated rings. The Hall–Kier alpha value is -2.76. The molecule has 1 aliphatic rings. The quantitative estimate of drug-likeness (QED) is 0.900. The van der Waals surface area contributed by atoms with Crippen LogP contribution in [0.1, 0.15) is 23.6 Å². The number of H-pyrrole nitrogens is 1. The van der Waals surface area contributed by atoms with E-state index in [2.05, 4.69) is 4.98 Å². The molecular formula is C18H22N4O2. The lowest BCUT2D eigenvalue weighted by molar-refractivity contribution is -0.133. The minimum Gasteiger partial charge on any atom is -0.367 e. The molecule has 0 bridgehead atoms. The molecule has 0 saturated carbocycles. The topological polar surface area (TPSA) is 82.4 Å². The Labute approximate surface area is 141 Å². The van der Waals surface area contributed by atoms with Crippen molar-refractivity contribution in [2.75, 3.05) is 19.6 Å². The summed E-state index contributed by atoms with van der Waals surface area (Å²) in [5.41, 5.74) is 7.62. The molecule has 0 spiro atoms. The fourth-order valence-corrected chi connectivity index (χ4v) is 3.16. The lowest BCUT2D eigenvalue weighted by Gasteiger charge is -2.40. The number of carbonyl (C=O) groups is 2. The summed E-state index contributed by atoms with van der Waals surface area (Å²) in [6, 6.07) is 11.3. The normalized spacial score (nSPS) is 17.8. The molecule has 1 unspecified atom stereocenters. The molecule has 3 rings (SSSR count). The highest BCUT2D eigenvalue weighted by Gasteiger charge is 2.32. The van der Waals surface area contributed by atoms with Crippen molar-refractivity contribution in [3.8, 4) is 0 Å². The molecular weight excluding hydrogens is 304 g/mol. The van der Waals surface area contributed by atoms with Crippen LogP contribution in [0.15, 0.2) is 48.8 Å². The number of aromatic amines is 1. The first-order valence-electron chi connectivity index (χ1n) is 8.15. The summed E-state index contributed by atoms with van der Waals surface area (Å²) < 4.78 is 0. The van der Waals surface area contributed by atoms with Crippen molar-refractivity contribution >= 4 is 11.9 Å². The first-order chi connectivity index (χ1) is 11.6. The second-order valence-corrected chi connectivity index (χ2v) is 6.02. The van der Waals surface area contributed by atoms with Gasteiger partial charge in [0.25, 0.3) is 0 Å². The molecule has 0 radical (unpaired) electrons. The number of aryl methyl sites for hydroxylation is 1. The number of nitrogens with one attached hydrogen (secondary N) is 1. The van der Waals surface area contributed by atoms with E-state index in [4.69, 9.17) is 5.73 Å². The Morgan fingerprint density at radius 1 is 1.17 bits per heavy atom. The second-order valence-electron chi connectivity index (χ2n) is 6.02. The van der Waals surface area contributed by atoms with Crippen LogP contribution in [0, 0.1) is 0 Å². The van der Waals surface area contributed by atoms with Crippen LogP contribution in [0.3, 0.4) is 0 Å². The van der Waals surface area contributed by atoms with Crippen molar-refractivity contribution < 1.29 is 9.59 Å². The molecule has 1 aliphatic heterocycles. The van der Waals surface area contributed by atoms with E-state index >= 15 is 0 Å². The molecule has 3 amide bonds. The van der Waals surface area contributed by atoms with Crippen molar-refractivity contribution in [3.63, 3.8) is 0 Å². The number of primary amides is 1. The smallest absolute Gasteiger partial charge is 0.315 e. The molecule has 126 valence electrons. The van der Waals surface area contributed by atoms with Gasteiger partial charge < -0.3 is 20.5 Å². The van der Waals surface area contributed by atoms with Gasteiger partial charge in [-0.25, -0.2) is 4.79 Å². The highest BCUT2D eigenvalue weighted by molar-refractivity contribution is 5.78. The Bertz CT molecular complexity index is 684. The Morgan fingerprint density at radius 2 is 1.96 bits per heavy atom. The predicted octanol–water partition coefficient (Wildman–Crippen LogP) is 1.91. The minimum absolute atomic E-state index is 0.114. The van der Waals surface area contributed by atoms with Gasteiger partial charge in [-0.05, 0) is 23.6 Å². The van der Waals surface area contributed by atoms with E-state index < -0.39 is 6.03 Å². The van der Waals surface area contributed by atoms with Crippen molar-refractivity contribution in [2.24, 2.45) is 5.73 Å². The molecule has 6 heteroatoms. The van der Waals surface area contributed by atoms with E-state index in [0.717, 1.165) is 17.5 Å². The van der Waals surface area contributed by atoms with E-state index in [0.29, 0.717) is 26.1 Å². The predicted molar refractivity (Wildman–Crippen MR) is 91.2 cm³/mol. The number of rotatable bonds is 4. The van der Waals surface area contributed by atoms with Crippen LogP contribution in [0.4, 0.5) is 4.79 Å². The first-order valence-corrected chi connectivity index (χ1v) is 8.15. The summed E-state index contributed by atoms with van der Waals surface area (Å²) in [5, 5.41) is 0. The maximum absolute atomic E-state index is 12.5. The summed E-state index contributed by atoms with van der Waals surface area (Å²) in [6.45, 7) is 1.47. The number of hydrogen-bond acceptors (Lipinski definition) is 2. The van der Waals surface area contributed by atoms with Gasteiger partial charge in [-0.15, -0.1) is 0 Å². The molecule has 1 atom stereocenters. The Morgan fingerprint density at radius 3 is 2.62 bits per heavy atom. The van der Waals surface area contributed by atoms with E-state index in [1.54, 1.807) is 4.90 Å². The van der Waals surface area contributed by atoms with Gasteiger partial charge in [0.1, 0.15) is 0 Å². The number of hydrogen-bond donors (Lipinski definition) is 2. The number of piperazine rings is 1. The van der Waals surface area contributed by atoms with Crippen LogP contribution in [-0.2, 0) is 11.2 Å². The highest BCUT2D eigenvalue weighted by Crippen LogP contribution is 2.25. The third kappa shape index (κ3) is 3.59. The van der Waals surface area contributed by atoms with Crippen molar-refractivity contribution in [3.05, 3.63) is 59.9 Å². The summed E-state index contributed by atoms with van der Waals surface area (Å²) in [7, 11) is 0. The maximum Gasteiger partial charge on any atom is 0.315 e. The third-order valence-electron chi connectivity index (χ3n) is 4.49. The van der Waals surface area contributed by atoms with E-state index in [1.807, 2.05) is 53.7 Å². The van der Waals surface area contributed by atoms with Crippen molar-refractivity contribution in [1.82, 2.24) is 14.8 Å². The van der Waals surface area contributed by atoms with Gasteiger partial charge in [-0.1, -0.05) is 30.3 Å². The van der Waals surface area contributed by atoms with Crippen molar-refractivity contribution in [2.45, 2.75) is 18.9 Å². The lowest BCUT2D eigenvalue weighted by Crippen LogP contribution is -2.53. The zero-order chi connectivity index (χ0) is 16.9. The Kier molecular flexibility index (Phi) is 4.84. The average molecular weight is 326 g/mol. The molecule has 1 aromatic carbocycles. The van der Waals surface area contributed by atoms with Gasteiger partial charge in [0.05, 0.1) is 6.04 Å². The molecule has 1 aromatic heterocycles. The lowest BCUT2D eigenvalue weighted by atomic mass is 10.0. The summed E-state index contributed by atoms with van der Waals surface area (Å²) in [4.78, 5) is 30.7. The maximum atomic E-state index is 12.5. The van der Waals surface area contributed by atoms with E-state index in [-0.39, 0.29) is 11.9 Å². The zero-order valence-corrected chi connectivity index (χ0v) is 13.5. The number of nitrogens with two attached hydrogens (primary N) is 1. The van der Waals surface area contributed by atoms with Gasteiger partial charge in [-0.3, -0.25) is 4.79 Å². The number of amides is 3. The highest BCUT2D eigenvalue weighted by atomic mass is 16.2. The monoisotopic (exact) mass is 326 g/mol. The molecule has 2 aromatic rings. The van der Waals surface area contributed by atoms with Gasteiger partial charge in [0.2, 0.25) is 5.91 Å². The molecule has 0 aliphatic carbocycles. The molecule has 3 N–H and O–H groups in total. The van der Waals surface area contributed by atoms with Crippen LogP contribution in [0.5, 0.6) is 0 Å². The largest absolute Gasteiger partial charge is 0.367 e. The van der Waals surface area contributed by atoms with Gasteiger partial charge in [0, 0.05) is 38.4 Å². The van der Waals surface area contributed by atoms with Crippen LogP contribution < -0.4 is 5.73 Å². The third-order valence-corrected chi connectivity index (χ3v) is 4.49. The van der Waals surface area contributed by atoms with Gasteiger partial charge >= 0.3 is 6.03 Å². The van der Waals surface area contributed by atoms with Crippen LogP contribution >= 0.6 is 0 Å². The van der Waals surface area contributed by atoms with Gasteiger partial charge in [-0.2, -0.15) is 0 Å². The molecule has 6 nitrogen and oxygen atoms in total. The minimum atomic E-state index is -0.447. The number of benzene rings is 1. The zero-order valence-electron chi connectivity index (χ0n) is 13.5. The number of urea groups is 1. The van der Waals surface area contributed by atoms with Crippen LogP contribution in [-0.4, -0.2) is 46.4 Å². The summed E-state index contributed by atoms with van der Waals surface area (Å²) in [5.74, 6) is 0.114. The number of nitrogens with zero attached hydrogens (tertiary/aromatic N) is 2. The average Bonchev–Trinajstić information content (AvgIpc) is 3.14. The first kappa shape index (κ1) is 16.1. The van der Waals surface area contributed by atoms with Gasteiger partial charge in [0.15, 0.2) is 0 Å². The summed E-state index contributed by atoms with van der Waals surface area (Å²) in [6.07, 6.45) is 4.86. The Balaban J connectivity index is 1.64. The molecule has 2 heterocycles. The van der Waals surface area contributed by atoms with Crippen molar-refractivity contribution in [1.29, 1.82) is 0 Å². The van der Waals surface area contributed by atoms with E-state index in [9.17, 15) is 9.59 Å². The SMILES string of the molecule is NC(=O)N1CCN(C(=O)CCc2ccccc2)CC1c1cc[nH]c1. The van der Waals surface area contributed by atoms with Crippen LogP contribution in [0.25, 0.3) is 0 Å². The molecule has 1 saturated heterocycles. The number of carbonyl (C=O) groups excluding carboxylic acids is 2. The molecule has 24 heavy (non-hydrogen) atoms. The second kappa shape index (κ2) is 7.21. The standard InChI is InChI=1S/C18H22N4O2/c19-18(24)22-11-10-21(13-16(22)15-8-9-20-12-15)17(23)7-6-14-4-2-1-3-5-14/h1-5,8-9,12,16,20H,6-7,10-11,13H2,(H2,19,24). The number of aromatic nitrogens is 1. The van der Waals surface area contributed by atoms with E-state index in [1.165, 1.54) is 0 Å². The fourth-order valence-electron chi connectivity index (χ4n) is 3.16. The summed E-state index contributed by atoms with van der Waals surface area (Å²) >= 11 is 0. The van der Waals surface area contributed by atoms with Crippen LogP contribution in [0.2, 0.25) is 0 Å². The fraction of sp³-hybridized carbons (Fsp3) is 0.333.